The number of aromatic nitrogens is 1. The van der Waals surface area contributed by atoms with Crippen LogP contribution >= 0.6 is 23.2 Å². The summed E-state index contributed by atoms with van der Waals surface area (Å²) in [7, 11) is -1.93. The molecule has 1 fully saturated rings. The van der Waals surface area contributed by atoms with Crippen molar-refractivity contribution in [3.63, 3.8) is 0 Å². The average molecular weight is 452 g/mol. The van der Waals surface area contributed by atoms with E-state index in [0.717, 1.165) is 10.9 Å². The first-order valence-corrected chi connectivity index (χ1v) is 11.3. The molecule has 2 aromatic carbocycles. The molecule has 1 aliphatic rings. The minimum atomic E-state index is -3.78. The predicted octanol–water partition coefficient (Wildman–Crippen LogP) is 3.63. The SMILES string of the molecule is Cn1c(C(=O)N2CCN(S(=O)(=O)c3cccc(Cl)c3Cl)CC2)cc2ccccc21. The van der Waals surface area contributed by atoms with E-state index in [2.05, 4.69) is 0 Å². The summed E-state index contributed by atoms with van der Waals surface area (Å²) in [6.07, 6.45) is 0. The van der Waals surface area contributed by atoms with Gasteiger partial charge in [-0.15, -0.1) is 0 Å². The van der Waals surface area contributed by atoms with E-state index in [9.17, 15) is 13.2 Å². The third kappa shape index (κ3) is 3.53. The minimum Gasteiger partial charge on any atom is -0.340 e. The van der Waals surface area contributed by atoms with E-state index in [1.807, 2.05) is 41.9 Å². The number of fused-ring (bicyclic) bond motifs is 1. The topological polar surface area (TPSA) is 62.6 Å². The number of hydrogen-bond donors (Lipinski definition) is 0. The third-order valence-electron chi connectivity index (χ3n) is 5.23. The molecule has 6 nitrogen and oxygen atoms in total. The number of para-hydroxylation sites is 1. The van der Waals surface area contributed by atoms with Gasteiger partial charge >= 0.3 is 0 Å². The van der Waals surface area contributed by atoms with E-state index in [-0.39, 0.29) is 33.9 Å². The van der Waals surface area contributed by atoms with Gasteiger partial charge in [-0.3, -0.25) is 4.79 Å². The van der Waals surface area contributed by atoms with Crippen molar-refractivity contribution < 1.29 is 13.2 Å². The fraction of sp³-hybridized carbons (Fsp3) is 0.250. The van der Waals surface area contributed by atoms with Crippen molar-refractivity contribution in [2.45, 2.75) is 4.90 Å². The van der Waals surface area contributed by atoms with Crippen LogP contribution in [0, 0.1) is 0 Å². The Hall–Kier alpha value is -2.06. The summed E-state index contributed by atoms with van der Waals surface area (Å²) in [5, 5.41) is 1.20. The molecule has 0 N–H and O–H groups in total. The number of sulfonamides is 1. The highest BCUT2D eigenvalue weighted by Gasteiger charge is 2.32. The van der Waals surface area contributed by atoms with Crippen molar-refractivity contribution in [2.24, 2.45) is 7.05 Å². The van der Waals surface area contributed by atoms with E-state index in [0.29, 0.717) is 18.8 Å². The Labute approximate surface area is 179 Å². The molecule has 1 amide bonds. The third-order valence-corrected chi connectivity index (χ3v) is 8.10. The second kappa shape index (κ2) is 7.65. The van der Waals surface area contributed by atoms with Crippen molar-refractivity contribution in [2.75, 3.05) is 26.2 Å². The maximum Gasteiger partial charge on any atom is 0.270 e. The van der Waals surface area contributed by atoms with Gasteiger partial charge in [-0.1, -0.05) is 47.5 Å². The number of aryl methyl sites for hydroxylation is 1. The first-order valence-electron chi connectivity index (χ1n) is 9.08. The van der Waals surface area contributed by atoms with E-state index >= 15 is 0 Å². The number of benzene rings is 2. The monoisotopic (exact) mass is 451 g/mol. The first-order chi connectivity index (χ1) is 13.8. The molecule has 3 aromatic rings. The fourth-order valence-electron chi connectivity index (χ4n) is 3.61. The Bertz CT molecular complexity index is 1200. The quantitative estimate of drug-likeness (QED) is 0.610. The van der Waals surface area contributed by atoms with Crippen LogP contribution in [0.1, 0.15) is 10.5 Å². The molecule has 9 heteroatoms. The zero-order chi connectivity index (χ0) is 20.8. The highest BCUT2D eigenvalue weighted by atomic mass is 35.5. The van der Waals surface area contributed by atoms with Crippen LogP contribution in [0.25, 0.3) is 10.9 Å². The zero-order valence-corrected chi connectivity index (χ0v) is 18.0. The molecule has 4 rings (SSSR count). The second-order valence-electron chi connectivity index (χ2n) is 6.90. The average Bonchev–Trinajstić information content (AvgIpc) is 3.06. The van der Waals surface area contributed by atoms with Gasteiger partial charge in [-0.25, -0.2) is 8.42 Å². The van der Waals surface area contributed by atoms with E-state index in [1.165, 1.54) is 10.4 Å². The summed E-state index contributed by atoms with van der Waals surface area (Å²) in [6, 6.07) is 14.2. The molecule has 0 radical (unpaired) electrons. The standard InChI is InChI=1S/C20H19Cl2N3O3S/c1-23-16-7-3-2-5-14(16)13-17(23)20(26)24-9-11-25(12-10-24)29(27,28)18-8-4-6-15(21)19(18)22/h2-8,13H,9-12H2,1H3. The molecule has 2 heterocycles. The van der Waals surface area contributed by atoms with Crippen LogP contribution in [0.5, 0.6) is 0 Å². The number of halogens is 2. The van der Waals surface area contributed by atoms with Crippen LogP contribution in [0.4, 0.5) is 0 Å². The maximum absolute atomic E-state index is 13.0. The summed E-state index contributed by atoms with van der Waals surface area (Å²) >= 11 is 12.1. The van der Waals surface area contributed by atoms with E-state index in [4.69, 9.17) is 23.2 Å². The molecule has 0 spiro atoms. The number of piperazine rings is 1. The van der Waals surface area contributed by atoms with Crippen molar-refractivity contribution in [3.8, 4) is 0 Å². The number of nitrogens with zero attached hydrogens (tertiary/aromatic N) is 3. The van der Waals surface area contributed by atoms with Crippen molar-refractivity contribution in [1.82, 2.24) is 13.8 Å². The summed E-state index contributed by atoms with van der Waals surface area (Å²) in [4.78, 5) is 14.7. The molecule has 0 bridgehead atoms. The molecule has 0 aliphatic carbocycles. The lowest BCUT2D eigenvalue weighted by atomic mass is 10.2. The Morgan fingerprint density at radius 2 is 1.66 bits per heavy atom. The molecule has 1 aromatic heterocycles. The molecule has 1 aliphatic heterocycles. The van der Waals surface area contributed by atoms with Crippen LogP contribution in [-0.2, 0) is 17.1 Å². The normalized spacial score (nSPS) is 15.8. The lowest BCUT2D eigenvalue weighted by molar-refractivity contribution is 0.0689. The number of hydrogen-bond acceptors (Lipinski definition) is 3. The summed E-state index contributed by atoms with van der Waals surface area (Å²) in [6.45, 7) is 0.997. The molecule has 1 saturated heterocycles. The van der Waals surface area contributed by atoms with E-state index in [1.54, 1.807) is 17.0 Å². The van der Waals surface area contributed by atoms with Gasteiger partial charge < -0.3 is 9.47 Å². The minimum absolute atomic E-state index is 0.0138. The largest absolute Gasteiger partial charge is 0.340 e. The van der Waals surface area contributed by atoms with Crippen LogP contribution in [0.15, 0.2) is 53.4 Å². The molecular formula is C20H19Cl2N3O3S. The molecule has 0 saturated carbocycles. The fourth-order valence-corrected chi connectivity index (χ4v) is 5.77. The summed E-state index contributed by atoms with van der Waals surface area (Å²) < 4.78 is 29.1. The summed E-state index contributed by atoms with van der Waals surface area (Å²) in [5.74, 6) is -0.110. The first kappa shape index (κ1) is 20.2. The maximum atomic E-state index is 13.0. The van der Waals surface area contributed by atoms with Crippen molar-refractivity contribution >= 4 is 50.0 Å². The van der Waals surface area contributed by atoms with Gasteiger partial charge in [0.05, 0.1) is 10.0 Å². The van der Waals surface area contributed by atoms with Crippen LogP contribution in [0.3, 0.4) is 0 Å². The van der Waals surface area contributed by atoms with Crippen LogP contribution in [-0.4, -0.2) is 54.3 Å². The number of rotatable bonds is 3. The van der Waals surface area contributed by atoms with Gasteiger partial charge in [0.2, 0.25) is 10.0 Å². The van der Waals surface area contributed by atoms with Gasteiger partial charge in [0.1, 0.15) is 10.6 Å². The number of carbonyl (C=O) groups is 1. The van der Waals surface area contributed by atoms with Crippen LogP contribution in [0.2, 0.25) is 10.0 Å². The number of amides is 1. The molecule has 152 valence electrons. The Kier molecular flexibility index (Phi) is 5.33. The molecule has 0 atom stereocenters. The number of carbonyl (C=O) groups excluding carboxylic acids is 1. The Morgan fingerprint density at radius 1 is 0.966 bits per heavy atom. The summed E-state index contributed by atoms with van der Waals surface area (Å²) in [5.41, 5.74) is 1.56. The Morgan fingerprint density at radius 3 is 2.34 bits per heavy atom. The zero-order valence-electron chi connectivity index (χ0n) is 15.7. The predicted molar refractivity (Wildman–Crippen MR) is 114 cm³/mol. The molecule has 0 unspecified atom stereocenters. The van der Waals surface area contributed by atoms with Crippen molar-refractivity contribution in [3.05, 3.63) is 64.3 Å². The lowest BCUT2D eigenvalue weighted by Crippen LogP contribution is -2.50. The highest BCUT2D eigenvalue weighted by Crippen LogP contribution is 2.31. The van der Waals surface area contributed by atoms with Gasteiger partial charge in [0, 0.05) is 44.1 Å². The highest BCUT2D eigenvalue weighted by molar-refractivity contribution is 7.89. The van der Waals surface area contributed by atoms with Crippen LogP contribution < -0.4 is 0 Å². The lowest BCUT2D eigenvalue weighted by Gasteiger charge is -2.34. The van der Waals surface area contributed by atoms with Gasteiger partial charge in [-0.05, 0) is 24.3 Å². The van der Waals surface area contributed by atoms with Crippen molar-refractivity contribution in [1.29, 1.82) is 0 Å². The smallest absolute Gasteiger partial charge is 0.270 e. The van der Waals surface area contributed by atoms with Gasteiger partial charge in [0.25, 0.3) is 5.91 Å². The van der Waals surface area contributed by atoms with E-state index < -0.39 is 10.0 Å². The second-order valence-corrected chi connectivity index (χ2v) is 9.59. The van der Waals surface area contributed by atoms with Gasteiger partial charge in [0.15, 0.2) is 0 Å². The molecule has 29 heavy (non-hydrogen) atoms. The molecular weight excluding hydrogens is 433 g/mol. The van der Waals surface area contributed by atoms with Gasteiger partial charge in [-0.2, -0.15) is 4.31 Å². The Balaban J connectivity index is 1.52.